The maximum Gasteiger partial charge on any atom is 0.0598 e. The van der Waals surface area contributed by atoms with Gasteiger partial charge in [-0.2, -0.15) is 10.2 Å². The van der Waals surface area contributed by atoms with Gasteiger partial charge < -0.3 is 0 Å². The summed E-state index contributed by atoms with van der Waals surface area (Å²) >= 11 is 0. The lowest BCUT2D eigenvalue weighted by Gasteiger charge is -2.02. The molecule has 0 rings (SSSR count). The zero-order chi connectivity index (χ0) is 16.2. The highest BCUT2D eigenvalue weighted by Gasteiger charge is 1.94. The van der Waals surface area contributed by atoms with Crippen molar-refractivity contribution < 1.29 is 0 Å². The minimum Gasteiger partial charge on any atom is -0.202 e. The molecule has 0 bridgehead atoms. The molecule has 20 heavy (non-hydrogen) atoms. The molecule has 116 valence electrons. The third kappa shape index (κ3) is 30.0. The van der Waals surface area contributed by atoms with Crippen LogP contribution in [0.4, 0.5) is 0 Å². The van der Waals surface area contributed by atoms with Gasteiger partial charge in [0.05, 0.1) is 13.1 Å². The van der Waals surface area contributed by atoms with E-state index in [2.05, 4.69) is 51.1 Å². The molecule has 0 fully saturated rings. The highest BCUT2D eigenvalue weighted by atomic mass is 15.1. The van der Waals surface area contributed by atoms with Crippen LogP contribution in [0.1, 0.15) is 66.2 Å². The van der Waals surface area contributed by atoms with Crippen LogP contribution in [0.25, 0.3) is 0 Å². The van der Waals surface area contributed by atoms with Crippen molar-refractivity contribution in [3.05, 3.63) is 0 Å². The first kappa shape index (κ1) is 23.7. The molecular formula is C16H32N4. The van der Waals surface area contributed by atoms with Gasteiger partial charge in [0.25, 0.3) is 0 Å². The normalized spacial score (nSPS) is 9.90. The lowest BCUT2D eigenvalue weighted by atomic mass is 10.1. The van der Waals surface area contributed by atoms with Gasteiger partial charge >= 0.3 is 0 Å². The Morgan fingerprint density at radius 1 is 0.650 bits per heavy atom. The number of unbranched alkanes of at least 4 members (excludes halogenated alkanes) is 2. The summed E-state index contributed by atoms with van der Waals surface area (Å²) in [6, 6.07) is 0. The average Bonchev–Trinajstić information content (AvgIpc) is 2.44. The Hall–Kier alpha value is -1.42. The van der Waals surface area contributed by atoms with E-state index >= 15 is 0 Å². The van der Waals surface area contributed by atoms with Crippen molar-refractivity contribution in [3.63, 3.8) is 0 Å². The predicted molar refractivity (Wildman–Crippen MR) is 85.3 cm³/mol. The quantitative estimate of drug-likeness (QED) is 0.398. The lowest BCUT2D eigenvalue weighted by Crippen LogP contribution is -1.90. The number of nitrogens with zero attached hydrogens (tertiary/aromatic N) is 4. The molecule has 0 unspecified atom stereocenters. The summed E-state index contributed by atoms with van der Waals surface area (Å²) in [4.78, 5) is 0. The molecule has 0 N–H and O–H groups in total. The second-order valence-electron chi connectivity index (χ2n) is 5.51. The van der Waals surface area contributed by atoms with Gasteiger partial charge in [-0.15, -0.1) is 0 Å². The molecule has 0 aromatic carbocycles. The topological polar surface area (TPSA) is 72.3 Å². The van der Waals surface area contributed by atoms with Crippen molar-refractivity contribution in [2.24, 2.45) is 22.1 Å². The van der Waals surface area contributed by atoms with Crippen molar-refractivity contribution in [1.29, 1.82) is 10.5 Å². The van der Waals surface area contributed by atoms with E-state index in [0.29, 0.717) is 0 Å². The molecule has 0 aliphatic carbocycles. The van der Waals surface area contributed by atoms with Gasteiger partial charge in [0, 0.05) is 13.1 Å². The van der Waals surface area contributed by atoms with Gasteiger partial charge in [0.1, 0.15) is 0 Å². The summed E-state index contributed by atoms with van der Waals surface area (Å²) in [5.41, 5.74) is 0. The summed E-state index contributed by atoms with van der Waals surface area (Å²) in [6.07, 6.45) is 7.64. The van der Waals surface area contributed by atoms with Gasteiger partial charge in [0.15, 0.2) is 0 Å². The summed E-state index contributed by atoms with van der Waals surface area (Å²) in [6.45, 7) is 18.0. The van der Waals surface area contributed by atoms with E-state index in [1.165, 1.54) is 38.5 Å². The maximum absolute atomic E-state index is 6.50. The van der Waals surface area contributed by atoms with E-state index < -0.39 is 0 Å². The van der Waals surface area contributed by atoms with E-state index in [1.807, 2.05) is 0 Å². The van der Waals surface area contributed by atoms with E-state index in [0.717, 1.165) is 24.9 Å². The number of nitriles is 2. The van der Waals surface area contributed by atoms with Crippen LogP contribution >= 0.6 is 0 Å². The minimum atomic E-state index is 0.827. The third-order valence-corrected chi connectivity index (χ3v) is 2.68. The second kappa shape index (κ2) is 22.7. The van der Waals surface area contributed by atoms with Crippen molar-refractivity contribution in [3.8, 4) is 13.1 Å². The highest BCUT2D eigenvalue weighted by molar-refractivity contribution is 4.50. The smallest absolute Gasteiger partial charge is 0.0598 e. The van der Waals surface area contributed by atoms with Crippen LogP contribution in [0.3, 0.4) is 0 Å². The van der Waals surface area contributed by atoms with Crippen LogP contribution in [0.2, 0.25) is 0 Å². The fraction of sp³-hybridized carbons (Fsp3) is 0.875. The Kier molecular flexibility index (Phi) is 26.9. The first-order chi connectivity index (χ1) is 9.63. The SMILES string of the molecule is C#N.C#N.CC(C)CCCCN=NCCCCC(C)C. The van der Waals surface area contributed by atoms with E-state index in [-0.39, 0.29) is 0 Å². The molecule has 0 heterocycles. The fourth-order valence-corrected chi connectivity index (χ4v) is 1.61. The fourth-order valence-electron chi connectivity index (χ4n) is 1.61. The molecular weight excluding hydrogens is 248 g/mol. The van der Waals surface area contributed by atoms with E-state index in [1.54, 1.807) is 0 Å². The van der Waals surface area contributed by atoms with Crippen LogP contribution in [0.15, 0.2) is 10.2 Å². The highest BCUT2D eigenvalue weighted by Crippen LogP contribution is 2.07. The number of hydrogen-bond acceptors (Lipinski definition) is 4. The Balaban J connectivity index is -0.000000656. The summed E-state index contributed by atoms with van der Waals surface area (Å²) in [5.74, 6) is 1.65. The van der Waals surface area contributed by atoms with Gasteiger partial charge in [-0.3, -0.25) is 0 Å². The van der Waals surface area contributed by atoms with Crippen LogP contribution in [-0.4, -0.2) is 13.1 Å². The minimum absolute atomic E-state index is 0.827. The monoisotopic (exact) mass is 280 g/mol. The standard InChI is InChI=1S/C14H30N2.2CHN/c1-13(2)9-5-7-11-15-16-12-8-6-10-14(3)4;2*1-2/h13-14H,5-12H2,1-4H3;2*1H. The van der Waals surface area contributed by atoms with Crippen molar-refractivity contribution in [1.82, 2.24) is 0 Å². The van der Waals surface area contributed by atoms with Gasteiger partial charge in [-0.05, 0) is 24.7 Å². The molecule has 0 amide bonds. The van der Waals surface area contributed by atoms with E-state index in [4.69, 9.17) is 10.5 Å². The number of hydrogen-bond donors (Lipinski definition) is 0. The number of azo groups is 1. The van der Waals surface area contributed by atoms with Crippen LogP contribution < -0.4 is 0 Å². The second-order valence-corrected chi connectivity index (χ2v) is 5.51. The Labute approximate surface area is 125 Å². The van der Waals surface area contributed by atoms with Crippen LogP contribution in [-0.2, 0) is 0 Å². The zero-order valence-electron chi connectivity index (χ0n) is 13.8. The Morgan fingerprint density at radius 2 is 0.950 bits per heavy atom. The predicted octanol–water partition coefficient (Wildman–Crippen LogP) is 5.37. The summed E-state index contributed by atoms with van der Waals surface area (Å²) in [5, 5.41) is 21.4. The molecule has 4 heteroatoms. The molecule has 0 saturated heterocycles. The molecule has 0 radical (unpaired) electrons. The Bertz CT molecular complexity index is 205. The third-order valence-electron chi connectivity index (χ3n) is 2.68. The lowest BCUT2D eigenvalue weighted by molar-refractivity contribution is 0.530. The van der Waals surface area contributed by atoms with Gasteiger partial charge in [0.2, 0.25) is 0 Å². The van der Waals surface area contributed by atoms with Crippen molar-refractivity contribution in [2.45, 2.75) is 66.2 Å². The largest absolute Gasteiger partial charge is 0.202 e. The molecule has 0 aliphatic heterocycles. The van der Waals surface area contributed by atoms with Crippen LogP contribution in [0.5, 0.6) is 0 Å². The van der Waals surface area contributed by atoms with Gasteiger partial charge in [-0.25, -0.2) is 10.5 Å². The first-order valence-corrected chi connectivity index (χ1v) is 7.47. The van der Waals surface area contributed by atoms with Gasteiger partial charge in [-0.1, -0.05) is 53.4 Å². The summed E-state index contributed by atoms with van der Waals surface area (Å²) < 4.78 is 0. The molecule has 0 aromatic heterocycles. The zero-order valence-corrected chi connectivity index (χ0v) is 13.8. The molecule has 4 nitrogen and oxygen atoms in total. The Morgan fingerprint density at radius 3 is 1.20 bits per heavy atom. The van der Waals surface area contributed by atoms with Crippen molar-refractivity contribution >= 4 is 0 Å². The van der Waals surface area contributed by atoms with E-state index in [9.17, 15) is 0 Å². The first-order valence-electron chi connectivity index (χ1n) is 7.47. The molecule has 0 aliphatic rings. The van der Waals surface area contributed by atoms with Crippen LogP contribution in [0, 0.1) is 35.5 Å². The summed E-state index contributed by atoms with van der Waals surface area (Å²) in [7, 11) is 0. The van der Waals surface area contributed by atoms with Crippen molar-refractivity contribution in [2.75, 3.05) is 13.1 Å². The molecule has 0 saturated carbocycles. The molecule has 0 atom stereocenters. The maximum atomic E-state index is 6.50. The number of rotatable bonds is 10. The average molecular weight is 280 g/mol. The molecule has 0 spiro atoms. The molecule has 0 aromatic rings.